The van der Waals surface area contributed by atoms with Crippen LogP contribution in [0, 0.1) is 0 Å². The highest BCUT2D eigenvalue weighted by molar-refractivity contribution is 7.12. The fraction of sp³-hybridized carbons (Fsp3) is 0.375. The minimum absolute atomic E-state index is 0.250. The molecule has 2 aromatic rings. The molecule has 0 amide bonds. The first kappa shape index (κ1) is 12.7. The van der Waals surface area contributed by atoms with Gasteiger partial charge in [0.05, 0.1) is 6.54 Å². The Morgan fingerprint density at radius 3 is 2.79 bits per heavy atom. The second kappa shape index (κ2) is 5.35. The highest BCUT2D eigenvalue weighted by atomic mass is 32.1. The Kier molecular flexibility index (Phi) is 3.58. The maximum Gasteiger partial charge on any atom is 0.0523 e. The lowest BCUT2D eigenvalue weighted by atomic mass is 9.98. The maximum absolute atomic E-state index is 6.19. The van der Waals surface area contributed by atoms with Crippen molar-refractivity contribution in [2.24, 2.45) is 5.73 Å². The minimum atomic E-state index is 0.250. The average molecular weight is 272 g/mol. The second-order valence-electron chi connectivity index (χ2n) is 5.20. The molecule has 0 spiro atoms. The number of nitrogens with zero attached hydrogens (tertiary/aromatic N) is 1. The lowest BCUT2D eigenvalue weighted by Crippen LogP contribution is -2.42. The van der Waals surface area contributed by atoms with Crippen molar-refractivity contribution in [3.8, 4) is 0 Å². The van der Waals surface area contributed by atoms with Crippen molar-refractivity contribution in [3.63, 3.8) is 0 Å². The molecule has 3 heteroatoms. The second-order valence-corrected chi connectivity index (χ2v) is 6.45. The van der Waals surface area contributed by atoms with E-state index in [1.54, 1.807) is 0 Å². The summed E-state index contributed by atoms with van der Waals surface area (Å²) < 4.78 is 0. The van der Waals surface area contributed by atoms with Crippen LogP contribution in [0.5, 0.6) is 0 Å². The predicted molar refractivity (Wildman–Crippen MR) is 82.9 cm³/mol. The van der Waals surface area contributed by atoms with Crippen LogP contribution >= 0.6 is 11.3 Å². The Morgan fingerprint density at radius 1 is 1.21 bits per heavy atom. The lowest BCUT2D eigenvalue weighted by molar-refractivity contribution is 0.600. The molecule has 2 nitrogen and oxygen atoms in total. The van der Waals surface area contributed by atoms with Gasteiger partial charge in [-0.1, -0.05) is 25.1 Å². The molecule has 1 unspecified atom stereocenters. The molecule has 0 bridgehead atoms. The molecule has 3 rings (SSSR count). The van der Waals surface area contributed by atoms with E-state index in [4.69, 9.17) is 5.73 Å². The van der Waals surface area contributed by atoms with Crippen molar-refractivity contribution < 1.29 is 0 Å². The van der Waals surface area contributed by atoms with Gasteiger partial charge in [0.15, 0.2) is 0 Å². The highest BCUT2D eigenvalue weighted by Crippen LogP contribution is 2.29. The number of anilines is 1. The van der Waals surface area contributed by atoms with Crippen LogP contribution < -0.4 is 10.6 Å². The van der Waals surface area contributed by atoms with Crippen LogP contribution in [0.1, 0.15) is 22.2 Å². The van der Waals surface area contributed by atoms with Gasteiger partial charge in [0.25, 0.3) is 0 Å². The van der Waals surface area contributed by atoms with Gasteiger partial charge < -0.3 is 10.6 Å². The van der Waals surface area contributed by atoms with Crippen molar-refractivity contribution in [2.45, 2.75) is 32.4 Å². The molecule has 0 saturated carbocycles. The van der Waals surface area contributed by atoms with E-state index < -0.39 is 0 Å². The largest absolute Gasteiger partial charge is 0.365 e. The fourth-order valence-corrected chi connectivity index (χ4v) is 3.73. The Morgan fingerprint density at radius 2 is 2.00 bits per heavy atom. The van der Waals surface area contributed by atoms with Gasteiger partial charge in [-0.3, -0.25) is 0 Å². The molecule has 0 aliphatic carbocycles. The molecule has 1 aliphatic rings. The van der Waals surface area contributed by atoms with Crippen LogP contribution in [0.4, 0.5) is 5.69 Å². The third-order valence-electron chi connectivity index (χ3n) is 3.68. The Balaban J connectivity index is 1.84. The summed E-state index contributed by atoms with van der Waals surface area (Å²) in [5, 5.41) is 0. The number of benzene rings is 1. The number of rotatable bonds is 3. The predicted octanol–water partition coefficient (Wildman–Crippen LogP) is 3.20. The Labute approximate surface area is 118 Å². The zero-order valence-corrected chi connectivity index (χ0v) is 12.1. The van der Waals surface area contributed by atoms with E-state index >= 15 is 0 Å². The molecular formula is C16H20N2S. The molecule has 1 aliphatic heterocycles. The molecule has 1 atom stereocenters. The first-order chi connectivity index (χ1) is 9.26. The van der Waals surface area contributed by atoms with Gasteiger partial charge in [0.2, 0.25) is 0 Å². The number of hydrogen-bond acceptors (Lipinski definition) is 3. The first-order valence-electron chi connectivity index (χ1n) is 6.92. The minimum Gasteiger partial charge on any atom is -0.365 e. The van der Waals surface area contributed by atoms with Crippen LogP contribution in [0.15, 0.2) is 36.4 Å². The van der Waals surface area contributed by atoms with Gasteiger partial charge in [-0.25, -0.2) is 0 Å². The molecule has 0 radical (unpaired) electrons. The zero-order chi connectivity index (χ0) is 13.2. The summed E-state index contributed by atoms with van der Waals surface area (Å²) in [6.45, 7) is 4.15. The van der Waals surface area contributed by atoms with Gasteiger partial charge in [-0.15, -0.1) is 11.3 Å². The summed E-state index contributed by atoms with van der Waals surface area (Å²) >= 11 is 1.92. The van der Waals surface area contributed by atoms with Gasteiger partial charge in [-0.05, 0) is 36.6 Å². The third kappa shape index (κ3) is 2.67. The van der Waals surface area contributed by atoms with Crippen LogP contribution in [0.3, 0.4) is 0 Å². The lowest BCUT2D eigenvalue weighted by Gasteiger charge is -2.34. The summed E-state index contributed by atoms with van der Waals surface area (Å²) in [4.78, 5) is 5.32. The van der Waals surface area contributed by atoms with E-state index in [9.17, 15) is 0 Å². The summed E-state index contributed by atoms with van der Waals surface area (Å²) in [6.07, 6.45) is 2.12. The zero-order valence-electron chi connectivity index (χ0n) is 11.3. The van der Waals surface area contributed by atoms with Crippen molar-refractivity contribution >= 4 is 17.0 Å². The molecular weight excluding hydrogens is 252 g/mol. The highest BCUT2D eigenvalue weighted by Gasteiger charge is 2.21. The monoisotopic (exact) mass is 272 g/mol. The number of nitrogens with two attached hydrogens (primary N) is 1. The van der Waals surface area contributed by atoms with E-state index in [1.807, 2.05) is 11.3 Å². The molecule has 0 fully saturated rings. The van der Waals surface area contributed by atoms with Crippen LogP contribution in [0.25, 0.3) is 0 Å². The van der Waals surface area contributed by atoms with Crippen LogP contribution in [-0.4, -0.2) is 12.6 Å². The van der Waals surface area contributed by atoms with E-state index in [-0.39, 0.29) is 6.04 Å². The van der Waals surface area contributed by atoms with E-state index in [1.165, 1.54) is 21.0 Å². The summed E-state index contributed by atoms with van der Waals surface area (Å²) in [5.41, 5.74) is 8.93. The third-order valence-corrected chi connectivity index (χ3v) is 4.90. The molecule has 0 saturated heterocycles. The van der Waals surface area contributed by atoms with Crippen molar-refractivity contribution in [2.75, 3.05) is 11.4 Å². The Hall–Kier alpha value is -1.32. The quantitative estimate of drug-likeness (QED) is 0.929. The Bertz CT molecular complexity index is 561. The van der Waals surface area contributed by atoms with Gasteiger partial charge in [-0.2, -0.15) is 0 Å². The van der Waals surface area contributed by atoms with Gasteiger partial charge >= 0.3 is 0 Å². The average Bonchev–Trinajstić information content (AvgIpc) is 2.86. The van der Waals surface area contributed by atoms with E-state index in [0.717, 1.165) is 25.9 Å². The fourth-order valence-electron chi connectivity index (χ4n) is 2.76. The van der Waals surface area contributed by atoms with E-state index in [0.29, 0.717) is 0 Å². The van der Waals surface area contributed by atoms with Crippen molar-refractivity contribution in [3.05, 3.63) is 51.7 Å². The molecule has 1 aromatic heterocycles. The maximum atomic E-state index is 6.19. The molecule has 19 heavy (non-hydrogen) atoms. The number of para-hydroxylation sites is 1. The number of fused-ring (bicyclic) bond motifs is 1. The smallest absolute Gasteiger partial charge is 0.0523 e. The van der Waals surface area contributed by atoms with Gasteiger partial charge in [0, 0.05) is 28.0 Å². The van der Waals surface area contributed by atoms with Crippen molar-refractivity contribution in [1.29, 1.82) is 0 Å². The number of hydrogen-bond donors (Lipinski definition) is 1. The topological polar surface area (TPSA) is 29.3 Å². The van der Waals surface area contributed by atoms with Crippen LogP contribution in [0.2, 0.25) is 0 Å². The normalized spacial score (nSPS) is 18.4. The first-order valence-corrected chi connectivity index (χ1v) is 7.74. The van der Waals surface area contributed by atoms with Crippen LogP contribution in [-0.2, 0) is 19.4 Å². The number of thiophene rings is 1. The number of aryl methyl sites for hydroxylation is 1. The molecule has 1 aromatic carbocycles. The van der Waals surface area contributed by atoms with E-state index in [2.05, 4.69) is 48.2 Å². The molecule has 2 heterocycles. The summed E-state index contributed by atoms with van der Waals surface area (Å²) in [7, 11) is 0. The SMILES string of the molecule is CCc1ccc(CN2CC(N)Cc3ccccc32)s1. The van der Waals surface area contributed by atoms with Gasteiger partial charge in [0.1, 0.15) is 0 Å². The molecule has 2 N–H and O–H groups in total. The molecule has 100 valence electrons. The van der Waals surface area contributed by atoms with Crippen molar-refractivity contribution in [1.82, 2.24) is 0 Å². The standard InChI is InChI=1S/C16H20N2S/c1-2-14-7-8-15(19-14)11-18-10-13(17)9-12-5-3-4-6-16(12)18/h3-8,13H,2,9-11,17H2,1H3. The summed E-state index contributed by atoms with van der Waals surface area (Å²) in [5.74, 6) is 0. The summed E-state index contributed by atoms with van der Waals surface area (Å²) in [6, 6.07) is 13.4.